The summed E-state index contributed by atoms with van der Waals surface area (Å²) in [7, 11) is 0. The molecule has 1 atom stereocenters. The molecule has 1 fully saturated rings. The molecule has 3 amide bonds. The number of hydrogen-bond donors (Lipinski definition) is 1. The van der Waals surface area contributed by atoms with Crippen LogP contribution < -0.4 is 5.32 Å². The largest absolute Gasteiger partial charge is 0.462 e. The minimum absolute atomic E-state index is 0.293. The number of carbonyl (C=O) groups excluding carboxylic acids is 3. The summed E-state index contributed by atoms with van der Waals surface area (Å²) in [5, 5.41) is 2.63. The molecule has 0 aliphatic carbocycles. The van der Waals surface area contributed by atoms with Crippen LogP contribution in [0.3, 0.4) is 0 Å². The number of esters is 1. The monoisotopic (exact) mass is 290 g/mol. The van der Waals surface area contributed by atoms with Gasteiger partial charge in [-0.3, -0.25) is 14.5 Å². The molecular weight excluding hydrogens is 272 g/mol. The van der Waals surface area contributed by atoms with Crippen molar-refractivity contribution in [1.29, 1.82) is 0 Å². The van der Waals surface area contributed by atoms with Gasteiger partial charge in [0, 0.05) is 0 Å². The van der Waals surface area contributed by atoms with Crippen LogP contribution in [0.4, 0.5) is 4.79 Å². The Balaban J connectivity index is 2.19. The first-order valence-electron chi connectivity index (χ1n) is 6.73. The van der Waals surface area contributed by atoms with Gasteiger partial charge < -0.3 is 10.1 Å². The summed E-state index contributed by atoms with van der Waals surface area (Å²) in [6.45, 7) is 4.65. The van der Waals surface area contributed by atoms with E-state index in [2.05, 4.69) is 5.32 Å². The Kier molecular flexibility index (Phi) is 3.97. The molecule has 1 aromatic rings. The molecule has 0 spiro atoms. The van der Waals surface area contributed by atoms with Crippen LogP contribution in [0.15, 0.2) is 30.3 Å². The second kappa shape index (κ2) is 5.55. The zero-order valence-corrected chi connectivity index (χ0v) is 12.3. The Labute approximate surface area is 123 Å². The van der Waals surface area contributed by atoms with Gasteiger partial charge in [0.25, 0.3) is 5.91 Å². The lowest BCUT2D eigenvalue weighted by Crippen LogP contribution is -2.41. The van der Waals surface area contributed by atoms with E-state index in [1.54, 1.807) is 45.0 Å². The van der Waals surface area contributed by atoms with Crippen molar-refractivity contribution in [3.05, 3.63) is 35.9 Å². The average molecular weight is 290 g/mol. The molecule has 0 radical (unpaired) electrons. The third kappa shape index (κ3) is 2.89. The van der Waals surface area contributed by atoms with E-state index >= 15 is 0 Å². The first-order chi connectivity index (χ1) is 9.84. The van der Waals surface area contributed by atoms with E-state index in [0.717, 1.165) is 4.90 Å². The minimum Gasteiger partial charge on any atom is -0.462 e. The molecule has 6 nitrogen and oxygen atoms in total. The highest BCUT2D eigenvalue weighted by molar-refractivity contribution is 6.08. The van der Waals surface area contributed by atoms with Gasteiger partial charge >= 0.3 is 12.0 Å². The summed E-state index contributed by atoms with van der Waals surface area (Å²) < 4.78 is 4.97. The van der Waals surface area contributed by atoms with Crippen molar-refractivity contribution >= 4 is 17.9 Å². The lowest BCUT2D eigenvalue weighted by Gasteiger charge is -2.22. The fourth-order valence-corrected chi connectivity index (χ4v) is 2.24. The van der Waals surface area contributed by atoms with E-state index in [-0.39, 0.29) is 12.6 Å². The quantitative estimate of drug-likeness (QED) is 0.672. The summed E-state index contributed by atoms with van der Waals surface area (Å²) >= 11 is 0. The van der Waals surface area contributed by atoms with Crippen molar-refractivity contribution in [3.63, 3.8) is 0 Å². The number of nitrogens with zero attached hydrogens (tertiary/aromatic N) is 1. The molecule has 0 aromatic heterocycles. The number of ether oxygens (including phenoxy) is 1. The molecule has 0 saturated carbocycles. The Morgan fingerprint density at radius 1 is 1.29 bits per heavy atom. The molecule has 1 N–H and O–H groups in total. The predicted molar refractivity (Wildman–Crippen MR) is 75.3 cm³/mol. The number of rotatable bonds is 4. The molecule has 1 aromatic carbocycles. The first kappa shape index (κ1) is 15.0. The van der Waals surface area contributed by atoms with E-state index in [1.165, 1.54) is 0 Å². The lowest BCUT2D eigenvalue weighted by molar-refractivity contribution is -0.150. The summed E-state index contributed by atoms with van der Waals surface area (Å²) in [5.41, 5.74) is -0.487. The van der Waals surface area contributed by atoms with Gasteiger partial charge in [-0.1, -0.05) is 30.3 Å². The second-order valence-corrected chi connectivity index (χ2v) is 5.35. The predicted octanol–water partition coefficient (Wildman–Crippen LogP) is 1.41. The smallest absolute Gasteiger partial charge is 0.326 e. The number of carbonyl (C=O) groups is 3. The number of amides is 3. The van der Waals surface area contributed by atoms with Gasteiger partial charge in [-0.2, -0.15) is 0 Å². The third-order valence-electron chi connectivity index (χ3n) is 3.28. The van der Waals surface area contributed by atoms with Crippen LogP contribution >= 0.6 is 0 Å². The number of nitrogens with one attached hydrogen (secondary N) is 1. The van der Waals surface area contributed by atoms with Crippen LogP contribution in [0.5, 0.6) is 0 Å². The second-order valence-electron chi connectivity index (χ2n) is 5.35. The van der Waals surface area contributed by atoms with Crippen molar-refractivity contribution in [1.82, 2.24) is 10.2 Å². The summed E-state index contributed by atoms with van der Waals surface area (Å²) in [5.74, 6) is -1.06. The van der Waals surface area contributed by atoms with Gasteiger partial charge in [0.2, 0.25) is 0 Å². The van der Waals surface area contributed by atoms with E-state index in [1.807, 2.05) is 6.07 Å². The Hall–Kier alpha value is -2.37. The maximum atomic E-state index is 12.5. The molecule has 21 heavy (non-hydrogen) atoms. The van der Waals surface area contributed by atoms with Crippen molar-refractivity contribution in [2.45, 2.75) is 32.4 Å². The highest BCUT2D eigenvalue weighted by Crippen LogP contribution is 2.28. The summed E-state index contributed by atoms with van der Waals surface area (Å²) in [6.07, 6.45) is -0.293. The molecule has 112 valence electrons. The van der Waals surface area contributed by atoms with Crippen LogP contribution in [0, 0.1) is 0 Å². The van der Waals surface area contributed by atoms with Gasteiger partial charge in [-0.15, -0.1) is 0 Å². The van der Waals surface area contributed by atoms with Crippen molar-refractivity contribution in [3.8, 4) is 0 Å². The van der Waals surface area contributed by atoms with Crippen LogP contribution in [-0.2, 0) is 19.9 Å². The molecule has 1 aliphatic heterocycles. The first-order valence-corrected chi connectivity index (χ1v) is 6.73. The summed E-state index contributed by atoms with van der Waals surface area (Å²) in [6, 6.07) is 8.33. The highest BCUT2D eigenvalue weighted by Gasteiger charge is 2.49. The number of imide groups is 1. The SMILES string of the molecule is CC(C)OC(=O)CN1C(=O)NC(C)(c2ccccc2)C1=O. The van der Waals surface area contributed by atoms with Crippen LogP contribution in [0.1, 0.15) is 26.3 Å². The fourth-order valence-electron chi connectivity index (χ4n) is 2.24. The third-order valence-corrected chi connectivity index (χ3v) is 3.28. The van der Waals surface area contributed by atoms with Crippen LogP contribution in [-0.4, -0.2) is 35.5 Å². The fraction of sp³-hybridized carbons (Fsp3) is 0.400. The van der Waals surface area contributed by atoms with Gasteiger partial charge in [-0.05, 0) is 26.3 Å². The standard InChI is InChI=1S/C15H18N2O4/c1-10(2)21-12(18)9-17-13(19)15(3,16-14(17)20)11-7-5-4-6-8-11/h4-8,10H,9H2,1-3H3,(H,16,20). The maximum Gasteiger partial charge on any atom is 0.326 e. The maximum absolute atomic E-state index is 12.5. The Morgan fingerprint density at radius 3 is 2.48 bits per heavy atom. The van der Waals surface area contributed by atoms with Crippen molar-refractivity contribution < 1.29 is 19.1 Å². The van der Waals surface area contributed by atoms with Gasteiger partial charge in [-0.25, -0.2) is 4.79 Å². The highest BCUT2D eigenvalue weighted by atomic mass is 16.5. The normalized spacial score (nSPS) is 21.6. The molecule has 0 bridgehead atoms. The average Bonchev–Trinajstić information content (AvgIpc) is 2.64. The molecule has 1 aliphatic rings. The van der Waals surface area contributed by atoms with Gasteiger partial charge in [0.1, 0.15) is 12.1 Å². The van der Waals surface area contributed by atoms with Crippen LogP contribution in [0.25, 0.3) is 0 Å². The van der Waals surface area contributed by atoms with Crippen molar-refractivity contribution in [2.24, 2.45) is 0 Å². The van der Waals surface area contributed by atoms with Gasteiger partial charge in [0.15, 0.2) is 0 Å². The van der Waals surface area contributed by atoms with E-state index in [9.17, 15) is 14.4 Å². The molecule has 1 saturated heterocycles. The zero-order chi connectivity index (χ0) is 15.6. The topological polar surface area (TPSA) is 75.7 Å². The zero-order valence-electron chi connectivity index (χ0n) is 12.3. The lowest BCUT2D eigenvalue weighted by atomic mass is 9.92. The molecule has 2 rings (SSSR count). The molecule has 6 heteroatoms. The number of benzene rings is 1. The number of hydrogen-bond acceptors (Lipinski definition) is 4. The molecule has 1 unspecified atom stereocenters. The molecular formula is C15H18N2O4. The Morgan fingerprint density at radius 2 is 1.90 bits per heavy atom. The van der Waals surface area contributed by atoms with Crippen molar-refractivity contribution in [2.75, 3.05) is 6.54 Å². The minimum atomic E-state index is -1.16. The van der Waals surface area contributed by atoms with E-state index in [0.29, 0.717) is 5.56 Å². The Bertz CT molecular complexity index is 570. The summed E-state index contributed by atoms with van der Waals surface area (Å²) in [4.78, 5) is 37.0. The van der Waals surface area contributed by atoms with Crippen LogP contribution in [0.2, 0.25) is 0 Å². The van der Waals surface area contributed by atoms with E-state index in [4.69, 9.17) is 4.74 Å². The number of urea groups is 1. The van der Waals surface area contributed by atoms with E-state index < -0.39 is 23.4 Å². The van der Waals surface area contributed by atoms with Gasteiger partial charge in [0.05, 0.1) is 6.10 Å². The molecule has 1 heterocycles.